The Kier molecular flexibility index (Phi) is 4.64. The molecule has 1 unspecified atom stereocenters. The summed E-state index contributed by atoms with van der Waals surface area (Å²) < 4.78 is 0. The number of carbonyl (C=O) groups excluding carboxylic acids is 1. The zero-order valence-electron chi connectivity index (χ0n) is 16.1. The average molecular weight is 373 g/mol. The number of carbonyl (C=O) groups is 1. The van der Waals surface area contributed by atoms with Crippen molar-refractivity contribution in [3.8, 4) is 6.07 Å². The van der Waals surface area contributed by atoms with E-state index in [2.05, 4.69) is 35.5 Å². The first-order valence-corrected chi connectivity index (χ1v) is 9.76. The van der Waals surface area contributed by atoms with Crippen molar-refractivity contribution in [2.45, 2.75) is 31.6 Å². The van der Waals surface area contributed by atoms with Crippen molar-refractivity contribution >= 4 is 12.3 Å². The van der Waals surface area contributed by atoms with Crippen LogP contribution < -0.4 is 0 Å². The molecule has 2 aromatic rings. The van der Waals surface area contributed by atoms with E-state index >= 15 is 0 Å². The molecule has 0 N–H and O–H groups in total. The lowest BCUT2D eigenvalue weighted by molar-refractivity contribution is 0.109. The number of amides is 1. The number of oxime groups is 1. The normalized spacial score (nSPS) is 24.3. The van der Waals surface area contributed by atoms with Crippen LogP contribution in [-0.4, -0.2) is 30.3 Å². The summed E-state index contributed by atoms with van der Waals surface area (Å²) in [7, 11) is 0. The first-order chi connectivity index (χ1) is 13.7. The highest BCUT2D eigenvalue weighted by Crippen LogP contribution is 2.57. The van der Waals surface area contributed by atoms with E-state index in [4.69, 9.17) is 4.84 Å². The maximum Gasteiger partial charge on any atom is 0.435 e. The van der Waals surface area contributed by atoms with Gasteiger partial charge in [-0.2, -0.15) is 5.26 Å². The molecular weight excluding hydrogens is 350 g/mol. The lowest BCUT2D eigenvalue weighted by Gasteiger charge is -2.49. The summed E-state index contributed by atoms with van der Waals surface area (Å²) in [5.41, 5.74) is 3.92. The fraction of sp³-hybridized carbons (Fsp3) is 0.348. The number of benzene rings is 2. The smallest absolute Gasteiger partial charge is 0.307 e. The molecule has 5 rings (SSSR count). The largest absolute Gasteiger partial charge is 0.435 e. The van der Waals surface area contributed by atoms with Gasteiger partial charge in [0.2, 0.25) is 0 Å². The molecule has 0 spiro atoms. The number of nitrogens with zero attached hydrogens (tertiary/aromatic N) is 3. The van der Waals surface area contributed by atoms with Gasteiger partial charge in [-0.1, -0.05) is 53.7 Å². The van der Waals surface area contributed by atoms with Crippen LogP contribution in [0.4, 0.5) is 4.79 Å². The second kappa shape index (κ2) is 7.12. The predicted molar refractivity (Wildman–Crippen MR) is 107 cm³/mol. The van der Waals surface area contributed by atoms with Crippen molar-refractivity contribution in [3.63, 3.8) is 0 Å². The molecule has 2 bridgehead atoms. The zero-order chi connectivity index (χ0) is 19.7. The Morgan fingerprint density at radius 3 is 2.29 bits per heavy atom. The monoisotopic (exact) mass is 373 g/mol. The molecule has 0 saturated heterocycles. The van der Waals surface area contributed by atoms with E-state index in [1.807, 2.05) is 38.1 Å². The highest BCUT2D eigenvalue weighted by atomic mass is 16.7. The minimum atomic E-state index is -0.708. The second-order valence-corrected chi connectivity index (χ2v) is 7.28. The Labute approximate surface area is 165 Å². The molecule has 1 amide bonds. The van der Waals surface area contributed by atoms with E-state index in [0.29, 0.717) is 13.1 Å². The first kappa shape index (κ1) is 18.2. The van der Waals surface area contributed by atoms with E-state index in [1.165, 1.54) is 11.1 Å². The molecule has 0 radical (unpaired) electrons. The van der Waals surface area contributed by atoms with Crippen LogP contribution in [0.25, 0.3) is 0 Å². The molecule has 3 aliphatic rings. The zero-order valence-corrected chi connectivity index (χ0v) is 16.1. The minimum absolute atomic E-state index is 0.213. The third kappa shape index (κ3) is 2.52. The average Bonchev–Trinajstić information content (AvgIpc) is 2.75. The Bertz CT molecular complexity index is 924. The van der Waals surface area contributed by atoms with Gasteiger partial charge in [0.1, 0.15) is 0 Å². The highest BCUT2D eigenvalue weighted by molar-refractivity contribution is 5.85. The van der Waals surface area contributed by atoms with Crippen LogP contribution in [0, 0.1) is 17.2 Å². The number of fused-ring (bicyclic) bond motifs is 1. The Hall–Kier alpha value is -3.13. The van der Waals surface area contributed by atoms with Crippen LogP contribution in [0.3, 0.4) is 0 Å². The molecule has 142 valence electrons. The Morgan fingerprint density at radius 1 is 1.18 bits per heavy atom. The van der Waals surface area contributed by atoms with Gasteiger partial charge in [-0.25, -0.2) is 4.79 Å². The number of nitriles is 1. The van der Waals surface area contributed by atoms with Gasteiger partial charge in [0.15, 0.2) is 0 Å². The van der Waals surface area contributed by atoms with Gasteiger partial charge >= 0.3 is 6.09 Å². The SMILES string of the molecule is CCN(CC)C(=O)O/N=C/C12c3ccccc3C(CC1C#N)c1ccccc12. The fourth-order valence-corrected chi connectivity index (χ4v) is 4.80. The molecule has 2 aromatic carbocycles. The van der Waals surface area contributed by atoms with Gasteiger partial charge in [-0.3, -0.25) is 4.84 Å². The van der Waals surface area contributed by atoms with Crippen LogP contribution in [0.1, 0.15) is 48.4 Å². The lowest BCUT2D eigenvalue weighted by atomic mass is 9.51. The predicted octanol–water partition coefficient (Wildman–Crippen LogP) is 4.43. The van der Waals surface area contributed by atoms with Gasteiger partial charge in [-0.15, -0.1) is 0 Å². The molecule has 5 heteroatoms. The van der Waals surface area contributed by atoms with Crippen LogP contribution in [0.15, 0.2) is 53.7 Å². The first-order valence-electron chi connectivity index (χ1n) is 9.76. The summed E-state index contributed by atoms with van der Waals surface area (Å²) in [5.74, 6) is -0.0521. The van der Waals surface area contributed by atoms with Crippen LogP contribution in [0.2, 0.25) is 0 Å². The van der Waals surface area contributed by atoms with Crippen molar-refractivity contribution in [1.82, 2.24) is 4.90 Å². The van der Waals surface area contributed by atoms with Gasteiger partial charge in [0, 0.05) is 19.0 Å². The summed E-state index contributed by atoms with van der Waals surface area (Å²) >= 11 is 0. The topological polar surface area (TPSA) is 65.7 Å². The molecule has 0 saturated carbocycles. The van der Waals surface area contributed by atoms with E-state index in [9.17, 15) is 10.1 Å². The third-order valence-electron chi connectivity index (χ3n) is 6.15. The quantitative estimate of drug-likeness (QED) is 0.452. The maximum atomic E-state index is 12.2. The van der Waals surface area contributed by atoms with Crippen molar-refractivity contribution < 1.29 is 9.63 Å². The molecular formula is C23H23N3O2. The summed E-state index contributed by atoms with van der Waals surface area (Å²) in [4.78, 5) is 19.0. The van der Waals surface area contributed by atoms with Gasteiger partial charge in [-0.05, 0) is 42.5 Å². The summed E-state index contributed by atoms with van der Waals surface area (Å²) in [6, 6.07) is 19.0. The van der Waals surface area contributed by atoms with E-state index < -0.39 is 11.5 Å². The molecule has 0 heterocycles. The maximum absolute atomic E-state index is 12.2. The van der Waals surface area contributed by atoms with Crippen molar-refractivity contribution in [1.29, 1.82) is 5.26 Å². The molecule has 3 aliphatic carbocycles. The Morgan fingerprint density at radius 2 is 1.75 bits per heavy atom. The molecule has 0 aliphatic heterocycles. The van der Waals surface area contributed by atoms with Crippen LogP contribution in [0.5, 0.6) is 0 Å². The van der Waals surface area contributed by atoms with Gasteiger partial charge < -0.3 is 4.90 Å². The minimum Gasteiger partial charge on any atom is -0.307 e. The van der Waals surface area contributed by atoms with Crippen molar-refractivity contribution in [3.05, 3.63) is 70.8 Å². The van der Waals surface area contributed by atoms with E-state index in [-0.39, 0.29) is 11.8 Å². The summed E-state index contributed by atoms with van der Waals surface area (Å²) in [6.07, 6.45) is 1.94. The molecule has 28 heavy (non-hydrogen) atoms. The van der Waals surface area contributed by atoms with Crippen LogP contribution in [-0.2, 0) is 10.3 Å². The second-order valence-electron chi connectivity index (χ2n) is 7.28. The van der Waals surface area contributed by atoms with Gasteiger partial charge in [0.05, 0.1) is 23.6 Å². The van der Waals surface area contributed by atoms with Crippen LogP contribution >= 0.6 is 0 Å². The standard InChI is InChI=1S/C23H23N3O2/c1-3-26(4-2)22(27)28-25-15-23-16(14-24)13-19(17-9-5-7-11-20(17)23)18-10-6-8-12-21(18)23/h5-12,15-16,19H,3-4,13H2,1-2H3/b25-15+. The summed E-state index contributed by atoms with van der Waals surface area (Å²) in [5, 5.41) is 14.1. The number of hydrogen-bond acceptors (Lipinski definition) is 4. The molecule has 0 aromatic heterocycles. The fourth-order valence-electron chi connectivity index (χ4n) is 4.80. The Balaban J connectivity index is 1.82. The molecule has 5 nitrogen and oxygen atoms in total. The summed E-state index contributed by atoms with van der Waals surface area (Å²) in [6.45, 7) is 4.91. The molecule has 1 atom stereocenters. The number of rotatable bonds is 4. The highest BCUT2D eigenvalue weighted by Gasteiger charge is 2.54. The van der Waals surface area contributed by atoms with Crippen molar-refractivity contribution in [2.24, 2.45) is 11.1 Å². The lowest BCUT2D eigenvalue weighted by Crippen LogP contribution is -2.48. The van der Waals surface area contributed by atoms with Crippen molar-refractivity contribution in [2.75, 3.05) is 13.1 Å². The third-order valence-corrected chi connectivity index (χ3v) is 6.15. The molecule has 0 fully saturated rings. The van der Waals surface area contributed by atoms with E-state index in [1.54, 1.807) is 11.1 Å². The number of hydrogen-bond donors (Lipinski definition) is 0. The van der Waals surface area contributed by atoms with Gasteiger partial charge in [0.25, 0.3) is 0 Å². The van der Waals surface area contributed by atoms with E-state index in [0.717, 1.165) is 17.5 Å².